The molecule has 1 heterocycles. The zero-order chi connectivity index (χ0) is 13.3. The number of aliphatic hydroxyl groups excluding tert-OH is 1. The highest BCUT2D eigenvalue weighted by Crippen LogP contribution is 2.29. The lowest BCUT2D eigenvalue weighted by molar-refractivity contribution is 0.186. The summed E-state index contributed by atoms with van der Waals surface area (Å²) in [5.74, 6) is 0. The average Bonchev–Trinajstić information content (AvgIpc) is 2.82. The van der Waals surface area contributed by atoms with Gasteiger partial charge in [-0.05, 0) is 43.5 Å². The number of rotatable bonds is 3. The van der Waals surface area contributed by atoms with Crippen LogP contribution < -0.4 is 5.73 Å². The van der Waals surface area contributed by atoms with Gasteiger partial charge in [-0.15, -0.1) is 11.3 Å². The van der Waals surface area contributed by atoms with Crippen molar-refractivity contribution in [2.45, 2.75) is 26.9 Å². The monoisotopic (exact) mass is 262 g/mol. The Kier molecular flexibility index (Phi) is 3.80. The molecule has 0 saturated carbocycles. The smallest absolute Gasteiger partial charge is 0.123 e. The first-order valence-corrected chi connectivity index (χ1v) is 6.82. The van der Waals surface area contributed by atoms with Gasteiger partial charge >= 0.3 is 0 Å². The van der Waals surface area contributed by atoms with Gasteiger partial charge in [0.15, 0.2) is 0 Å². The van der Waals surface area contributed by atoms with Crippen LogP contribution in [0.1, 0.15) is 27.8 Å². The van der Waals surface area contributed by atoms with E-state index in [0.717, 1.165) is 11.3 Å². The molecule has 4 heteroatoms. The van der Waals surface area contributed by atoms with E-state index in [1.54, 1.807) is 0 Å². The van der Waals surface area contributed by atoms with Gasteiger partial charge in [-0.2, -0.15) is 0 Å². The van der Waals surface area contributed by atoms with Crippen LogP contribution in [0.4, 0.5) is 0 Å². The van der Waals surface area contributed by atoms with E-state index >= 15 is 0 Å². The van der Waals surface area contributed by atoms with Gasteiger partial charge in [-0.1, -0.05) is 6.07 Å². The van der Waals surface area contributed by atoms with Crippen LogP contribution in [0.15, 0.2) is 17.5 Å². The minimum Gasteiger partial charge on any atom is -0.385 e. The highest BCUT2D eigenvalue weighted by molar-refractivity contribution is 7.10. The van der Waals surface area contributed by atoms with Crippen molar-refractivity contribution in [3.8, 4) is 11.3 Å². The minimum absolute atomic E-state index is 0.207. The van der Waals surface area contributed by atoms with Gasteiger partial charge in [0, 0.05) is 17.5 Å². The second kappa shape index (κ2) is 5.18. The summed E-state index contributed by atoms with van der Waals surface area (Å²) < 4.78 is 0. The lowest BCUT2D eigenvalue weighted by Crippen LogP contribution is -2.11. The molecule has 0 aliphatic carbocycles. The standard InChI is InChI=1S/C14H18N2OS/c1-8-4-10(3)11(5-9(8)2)12-7-18-14(16-12)13(17)6-15/h4-5,7,13,17H,6,15H2,1-3H3. The molecular formula is C14H18N2OS. The Bertz CT molecular complexity index is 563. The predicted octanol–water partition coefficient (Wildman–Crippen LogP) is 2.73. The second-order valence-electron chi connectivity index (χ2n) is 4.57. The van der Waals surface area contributed by atoms with Crippen LogP contribution in [0.25, 0.3) is 11.3 Å². The fourth-order valence-electron chi connectivity index (χ4n) is 1.90. The van der Waals surface area contributed by atoms with Crippen LogP contribution in [-0.2, 0) is 0 Å². The summed E-state index contributed by atoms with van der Waals surface area (Å²) in [5, 5.41) is 12.3. The first kappa shape index (κ1) is 13.2. The molecule has 3 nitrogen and oxygen atoms in total. The number of thiazole rings is 1. The van der Waals surface area contributed by atoms with Crippen molar-refractivity contribution in [2.24, 2.45) is 5.73 Å². The van der Waals surface area contributed by atoms with Gasteiger partial charge in [-0.3, -0.25) is 0 Å². The Labute approximate surface area is 111 Å². The van der Waals surface area contributed by atoms with E-state index in [2.05, 4.69) is 37.9 Å². The molecule has 0 aliphatic rings. The van der Waals surface area contributed by atoms with Crippen molar-refractivity contribution in [3.05, 3.63) is 39.2 Å². The topological polar surface area (TPSA) is 59.1 Å². The van der Waals surface area contributed by atoms with Crippen molar-refractivity contribution in [1.29, 1.82) is 0 Å². The quantitative estimate of drug-likeness (QED) is 0.894. The normalized spacial score (nSPS) is 12.7. The van der Waals surface area contributed by atoms with Crippen LogP contribution in [-0.4, -0.2) is 16.6 Å². The molecule has 0 spiro atoms. The Balaban J connectivity index is 2.43. The molecule has 0 amide bonds. The van der Waals surface area contributed by atoms with Gasteiger partial charge in [0.1, 0.15) is 11.1 Å². The van der Waals surface area contributed by atoms with E-state index in [9.17, 15) is 5.11 Å². The van der Waals surface area contributed by atoms with Gasteiger partial charge < -0.3 is 10.8 Å². The maximum Gasteiger partial charge on any atom is 0.123 e. The molecule has 18 heavy (non-hydrogen) atoms. The van der Waals surface area contributed by atoms with Crippen LogP contribution in [0.5, 0.6) is 0 Å². The maximum atomic E-state index is 9.68. The first-order chi connectivity index (χ1) is 8.52. The SMILES string of the molecule is Cc1cc(C)c(-c2csc(C(O)CN)n2)cc1C. The Morgan fingerprint density at radius 3 is 2.56 bits per heavy atom. The lowest BCUT2D eigenvalue weighted by Gasteiger charge is -2.08. The third-order valence-corrected chi connectivity index (χ3v) is 4.09. The van der Waals surface area contributed by atoms with Crippen LogP contribution in [0.3, 0.4) is 0 Å². The summed E-state index contributed by atoms with van der Waals surface area (Å²) in [6.07, 6.45) is -0.657. The molecule has 0 aliphatic heterocycles. The fraction of sp³-hybridized carbons (Fsp3) is 0.357. The number of benzene rings is 1. The largest absolute Gasteiger partial charge is 0.385 e. The molecule has 0 fully saturated rings. The van der Waals surface area contributed by atoms with E-state index in [1.807, 2.05) is 5.38 Å². The number of hydrogen-bond donors (Lipinski definition) is 2. The van der Waals surface area contributed by atoms with Crippen LogP contribution in [0.2, 0.25) is 0 Å². The fourth-order valence-corrected chi connectivity index (χ4v) is 2.72. The Hall–Kier alpha value is -1.23. The third kappa shape index (κ3) is 2.46. The maximum absolute atomic E-state index is 9.68. The first-order valence-electron chi connectivity index (χ1n) is 5.94. The van der Waals surface area contributed by atoms with E-state index in [0.29, 0.717) is 5.01 Å². The third-order valence-electron chi connectivity index (χ3n) is 3.15. The van der Waals surface area contributed by atoms with Gasteiger partial charge in [-0.25, -0.2) is 4.98 Å². The molecule has 2 aromatic rings. The summed E-state index contributed by atoms with van der Waals surface area (Å²) in [6, 6.07) is 4.32. The molecule has 0 radical (unpaired) electrons. The zero-order valence-corrected chi connectivity index (χ0v) is 11.7. The van der Waals surface area contributed by atoms with E-state index in [-0.39, 0.29) is 6.54 Å². The number of aromatic nitrogens is 1. The molecular weight excluding hydrogens is 244 g/mol. The number of aryl methyl sites for hydroxylation is 3. The summed E-state index contributed by atoms with van der Waals surface area (Å²) in [4.78, 5) is 4.47. The van der Waals surface area contributed by atoms with E-state index < -0.39 is 6.10 Å². The van der Waals surface area contributed by atoms with Gasteiger partial charge in [0.05, 0.1) is 5.69 Å². The molecule has 3 N–H and O–H groups in total. The average molecular weight is 262 g/mol. The summed E-state index contributed by atoms with van der Waals surface area (Å²) in [7, 11) is 0. The van der Waals surface area contributed by atoms with Gasteiger partial charge in [0.25, 0.3) is 0 Å². The van der Waals surface area contributed by atoms with Crippen molar-refractivity contribution < 1.29 is 5.11 Å². The number of nitrogens with two attached hydrogens (primary N) is 1. The molecule has 1 unspecified atom stereocenters. The highest BCUT2D eigenvalue weighted by Gasteiger charge is 2.13. The Morgan fingerprint density at radius 2 is 1.89 bits per heavy atom. The lowest BCUT2D eigenvalue weighted by atomic mass is 9.99. The molecule has 2 rings (SSSR count). The molecule has 1 atom stereocenters. The van der Waals surface area contributed by atoms with Crippen molar-refractivity contribution in [3.63, 3.8) is 0 Å². The summed E-state index contributed by atoms with van der Waals surface area (Å²) in [6.45, 7) is 6.50. The molecule has 0 bridgehead atoms. The number of aliphatic hydroxyl groups is 1. The van der Waals surface area contributed by atoms with Crippen molar-refractivity contribution in [1.82, 2.24) is 4.98 Å². The predicted molar refractivity (Wildman–Crippen MR) is 75.8 cm³/mol. The number of nitrogens with zero attached hydrogens (tertiary/aromatic N) is 1. The molecule has 96 valence electrons. The second-order valence-corrected chi connectivity index (χ2v) is 5.46. The highest BCUT2D eigenvalue weighted by atomic mass is 32.1. The van der Waals surface area contributed by atoms with Crippen LogP contribution in [0, 0.1) is 20.8 Å². The Morgan fingerprint density at radius 1 is 1.22 bits per heavy atom. The molecule has 1 aromatic carbocycles. The summed E-state index contributed by atoms with van der Waals surface area (Å²) in [5.41, 5.74) is 11.2. The van der Waals surface area contributed by atoms with Crippen molar-refractivity contribution >= 4 is 11.3 Å². The van der Waals surface area contributed by atoms with E-state index in [1.165, 1.54) is 28.0 Å². The minimum atomic E-state index is -0.657. The summed E-state index contributed by atoms with van der Waals surface area (Å²) >= 11 is 1.45. The number of hydrogen-bond acceptors (Lipinski definition) is 4. The molecule has 0 saturated heterocycles. The van der Waals surface area contributed by atoms with Crippen molar-refractivity contribution in [2.75, 3.05) is 6.54 Å². The van der Waals surface area contributed by atoms with Gasteiger partial charge in [0.2, 0.25) is 0 Å². The zero-order valence-electron chi connectivity index (χ0n) is 10.9. The molecule has 1 aromatic heterocycles. The van der Waals surface area contributed by atoms with E-state index in [4.69, 9.17) is 5.73 Å². The van der Waals surface area contributed by atoms with Crippen LogP contribution >= 0.6 is 11.3 Å².